The third-order valence-corrected chi connectivity index (χ3v) is 3.32. The first-order chi connectivity index (χ1) is 11.0. The Balaban J connectivity index is 2.10. The number of nitrogens with two attached hydrogens (primary N) is 1. The van der Waals surface area contributed by atoms with Gasteiger partial charge in [-0.2, -0.15) is 0 Å². The Morgan fingerprint density at radius 1 is 1.00 bits per heavy atom. The van der Waals surface area contributed by atoms with Crippen molar-refractivity contribution < 1.29 is 14.7 Å². The van der Waals surface area contributed by atoms with Crippen molar-refractivity contribution in [2.45, 2.75) is 6.04 Å². The van der Waals surface area contributed by atoms with Crippen molar-refractivity contribution in [2.75, 3.05) is 6.61 Å². The molecule has 1 amide bonds. The highest BCUT2D eigenvalue weighted by molar-refractivity contribution is 6.04. The fraction of sp³-hybridized carbons (Fsp3) is 0.118. The lowest BCUT2D eigenvalue weighted by Gasteiger charge is -2.15. The Morgan fingerprint density at radius 2 is 1.57 bits per heavy atom. The van der Waals surface area contributed by atoms with Crippen molar-refractivity contribution in [3.63, 3.8) is 0 Å². The van der Waals surface area contributed by atoms with Crippen LogP contribution in [-0.2, 0) is 0 Å². The van der Waals surface area contributed by atoms with Gasteiger partial charge in [-0.05, 0) is 12.1 Å². The van der Waals surface area contributed by atoms with Gasteiger partial charge in [0.1, 0.15) is 11.9 Å². The van der Waals surface area contributed by atoms with Crippen LogP contribution in [0.4, 0.5) is 0 Å². The van der Waals surface area contributed by atoms with Gasteiger partial charge in [-0.25, -0.2) is 0 Å². The van der Waals surface area contributed by atoms with Gasteiger partial charge in [0.15, 0.2) is 5.78 Å². The molecule has 0 unspecified atom stereocenters. The molecule has 6 heteroatoms. The van der Waals surface area contributed by atoms with Gasteiger partial charge in [0, 0.05) is 16.7 Å². The molecule has 0 radical (unpaired) electrons. The minimum atomic E-state index is -1.02. The first-order valence-corrected chi connectivity index (χ1v) is 6.98. The molecular weight excluding hydrogens is 294 g/mol. The summed E-state index contributed by atoms with van der Waals surface area (Å²) < 4.78 is 0. The van der Waals surface area contributed by atoms with Gasteiger partial charge in [-0.1, -0.05) is 42.5 Å². The lowest BCUT2D eigenvalue weighted by atomic mass is 10.0. The van der Waals surface area contributed by atoms with E-state index in [4.69, 9.17) is 11.1 Å². The highest BCUT2D eigenvalue weighted by Crippen LogP contribution is 2.07. The second-order valence-corrected chi connectivity index (χ2v) is 4.93. The lowest BCUT2D eigenvalue weighted by Crippen LogP contribution is -2.43. The van der Waals surface area contributed by atoms with Crippen LogP contribution in [-0.4, -0.2) is 35.3 Å². The van der Waals surface area contributed by atoms with Crippen molar-refractivity contribution in [1.29, 1.82) is 5.41 Å². The number of carbonyl (C=O) groups excluding carboxylic acids is 2. The molecule has 118 valence electrons. The molecule has 0 aliphatic carbocycles. The zero-order valence-corrected chi connectivity index (χ0v) is 12.3. The molecule has 0 saturated carbocycles. The standard InChI is InChI=1S/C17H17N3O3/c18-16(19)12-6-8-13(9-7-12)17(23)20-14(10-21)15(22)11-4-2-1-3-5-11/h1-9,14,21H,10H2,(H3,18,19)(H,20,23)/t14-/m0/s1. The van der Waals surface area contributed by atoms with E-state index in [9.17, 15) is 14.7 Å². The van der Waals surface area contributed by atoms with E-state index >= 15 is 0 Å². The summed E-state index contributed by atoms with van der Waals surface area (Å²) in [6.45, 7) is -0.495. The van der Waals surface area contributed by atoms with E-state index in [1.807, 2.05) is 0 Å². The number of nitrogen functional groups attached to an aromatic ring is 1. The van der Waals surface area contributed by atoms with Crippen LogP contribution < -0.4 is 11.1 Å². The monoisotopic (exact) mass is 311 g/mol. The Hall–Kier alpha value is -2.99. The number of hydrogen-bond donors (Lipinski definition) is 4. The van der Waals surface area contributed by atoms with Gasteiger partial charge >= 0.3 is 0 Å². The average molecular weight is 311 g/mol. The SMILES string of the molecule is N=C(N)c1ccc(C(=O)N[C@@H](CO)C(=O)c2ccccc2)cc1. The molecule has 2 rings (SSSR count). The smallest absolute Gasteiger partial charge is 0.251 e. The van der Waals surface area contributed by atoms with Crippen LogP contribution in [0.2, 0.25) is 0 Å². The number of nitrogens with one attached hydrogen (secondary N) is 2. The van der Waals surface area contributed by atoms with Gasteiger partial charge in [-0.3, -0.25) is 15.0 Å². The summed E-state index contributed by atoms with van der Waals surface area (Å²) in [6.07, 6.45) is 0. The van der Waals surface area contributed by atoms with Crippen molar-refractivity contribution in [1.82, 2.24) is 5.32 Å². The number of amidine groups is 1. The fourth-order valence-electron chi connectivity index (χ4n) is 2.04. The molecule has 0 aliphatic rings. The Bertz CT molecular complexity index is 712. The van der Waals surface area contributed by atoms with Crippen LogP contribution in [0, 0.1) is 5.41 Å². The number of amides is 1. The zero-order valence-electron chi connectivity index (χ0n) is 12.3. The molecule has 0 saturated heterocycles. The molecule has 1 atom stereocenters. The van der Waals surface area contributed by atoms with Crippen LogP contribution in [0.1, 0.15) is 26.3 Å². The first-order valence-electron chi connectivity index (χ1n) is 6.98. The number of rotatable bonds is 6. The van der Waals surface area contributed by atoms with E-state index < -0.39 is 18.6 Å². The van der Waals surface area contributed by atoms with Crippen LogP contribution in [0.25, 0.3) is 0 Å². The van der Waals surface area contributed by atoms with E-state index in [-0.39, 0.29) is 11.6 Å². The number of ketones is 1. The Morgan fingerprint density at radius 3 is 2.09 bits per heavy atom. The van der Waals surface area contributed by atoms with Gasteiger partial charge in [0.2, 0.25) is 0 Å². The predicted octanol–water partition coefficient (Wildman–Crippen LogP) is 0.944. The van der Waals surface area contributed by atoms with Crippen molar-refractivity contribution in [2.24, 2.45) is 5.73 Å². The summed E-state index contributed by atoms with van der Waals surface area (Å²) in [5.74, 6) is -0.935. The average Bonchev–Trinajstić information content (AvgIpc) is 2.59. The molecule has 0 bridgehead atoms. The molecule has 0 fully saturated rings. The molecule has 23 heavy (non-hydrogen) atoms. The topological polar surface area (TPSA) is 116 Å². The summed E-state index contributed by atoms with van der Waals surface area (Å²) in [5.41, 5.74) is 6.58. The molecule has 2 aromatic rings. The van der Waals surface area contributed by atoms with Crippen LogP contribution in [0.3, 0.4) is 0 Å². The quantitative estimate of drug-likeness (QED) is 0.361. The molecule has 6 nitrogen and oxygen atoms in total. The third-order valence-electron chi connectivity index (χ3n) is 3.32. The van der Waals surface area contributed by atoms with Crippen LogP contribution in [0.5, 0.6) is 0 Å². The van der Waals surface area contributed by atoms with E-state index in [2.05, 4.69) is 5.32 Å². The second-order valence-electron chi connectivity index (χ2n) is 4.93. The summed E-state index contributed by atoms with van der Waals surface area (Å²) >= 11 is 0. The zero-order chi connectivity index (χ0) is 16.8. The predicted molar refractivity (Wildman–Crippen MR) is 86.6 cm³/mol. The highest BCUT2D eigenvalue weighted by atomic mass is 16.3. The Labute approximate surface area is 133 Å². The summed E-state index contributed by atoms with van der Waals surface area (Å²) in [4.78, 5) is 24.4. The van der Waals surface area contributed by atoms with Crippen molar-refractivity contribution in [3.8, 4) is 0 Å². The molecule has 0 aliphatic heterocycles. The highest BCUT2D eigenvalue weighted by Gasteiger charge is 2.21. The van der Waals surface area contributed by atoms with Crippen LogP contribution in [0.15, 0.2) is 54.6 Å². The number of hydrogen-bond acceptors (Lipinski definition) is 4. The molecule has 2 aromatic carbocycles. The number of carbonyl (C=O) groups is 2. The maximum atomic E-state index is 12.3. The fourth-order valence-corrected chi connectivity index (χ4v) is 2.04. The number of aliphatic hydroxyl groups excluding tert-OH is 1. The minimum absolute atomic E-state index is 0.0931. The van der Waals surface area contributed by atoms with E-state index in [0.29, 0.717) is 16.7 Å². The second kappa shape index (κ2) is 7.33. The van der Waals surface area contributed by atoms with Crippen molar-refractivity contribution >= 4 is 17.5 Å². The largest absolute Gasteiger partial charge is 0.394 e. The molecular formula is C17H17N3O3. The van der Waals surface area contributed by atoms with E-state index in [1.54, 1.807) is 42.5 Å². The minimum Gasteiger partial charge on any atom is -0.394 e. The number of Topliss-reactive ketones (excluding diaryl/α,β-unsaturated/α-hetero) is 1. The Kier molecular flexibility index (Phi) is 5.22. The molecule has 0 aromatic heterocycles. The summed E-state index contributed by atoms with van der Waals surface area (Å²) in [6, 6.07) is 13.5. The van der Waals surface area contributed by atoms with E-state index in [0.717, 1.165) is 0 Å². The molecule has 0 spiro atoms. The van der Waals surface area contributed by atoms with Crippen molar-refractivity contribution in [3.05, 3.63) is 71.3 Å². The number of benzene rings is 2. The van der Waals surface area contributed by atoms with Gasteiger partial charge < -0.3 is 16.2 Å². The first kappa shape index (κ1) is 16.4. The normalized spacial score (nSPS) is 11.5. The summed E-state index contributed by atoms with van der Waals surface area (Å²) in [7, 11) is 0. The molecule has 5 N–H and O–H groups in total. The maximum Gasteiger partial charge on any atom is 0.251 e. The van der Waals surface area contributed by atoms with Crippen LogP contribution >= 0.6 is 0 Å². The maximum absolute atomic E-state index is 12.3. The van der Waals surface area contributed by atoms with E-state index in [1.165, 1.54) is 12.1 Å². The molecule has 0 heterocycles. The summed E-state index contributed by atoms with van der Waals surface area (Å²) in [5, 5.41) is 19.2. The van der Waals surface area contributed by atoms with Gasteiger partial charge in [0.25, 0.3) is 5.91 Å². The van der Waals surface area contributed by atoms with Gasteiger partial charge in [0.05, 0.1) is 6.61 Å². The third kappa shape index (κ3) is 4.02. The number of aliphatic hydroxyl groups is 1. The van der Waals surface area contributed by atoms with Gasteiger partial charge in [-0.15, -0.1) is 0 Å². The lowest BCUT2D eigenvalue weighted by molar-refractivity contribution is 0.0813.